The standard InChI is InChI=1S/C26H22BrClN4O4S2/c1-36-19-11-14(10-18(27)23(19)34)12-29-31-21(33)13-37-26-30-24-22(17-4-2-3-5-20(17)38-24)25(35)32(26)16-8-6-15(28)7-9-16/h6-12,34H,2-5,13H2,1H3,(H,31,33). The maximum Gasteiger partial charge on any atom is 0.267 e. The lowest BCUT2D eigenvalue weighted by atomic mass is 9.97. The summed E-state index contributed by atoms with van der Waals surface area (Å²) in [4.78, 5) is 33.1. The van der Waals surface area contributed by atoms with Crippen molar-refractivity contribution in [1.82, 2.24) is 15.0 Å². The maximum atomic E-state index is 13.8. The highest BCUT2D eigenvalue weighted by atomic mass is 79.9. The number of thiophene rings is 1. The number of ether oxygens (including phenoxy) is 1. The Morgan fingerprint density at radius 2 is 2.08 bits per heavy atom. The predicted molar refractivity (Wildman–Crippen MR) is 156 cm³/mol. The highest BCUT2D eigenvalue weighted by Gasteiger charge is 2.23. The van der Waals surface area contributed by atoms with Gasteiger partial charge >= 0.3 is 0 Å². The van der Waals surface area contributed by atoms with Crippen LogP contribution in [0.5, 0.6) is 11.5 Å². The number of carbonyl (C=O) groups is 1. The molecule has 0 atom stereocenters. The molecule has 0 unspecified atom stereocenters. The van der Waals surface area contributed by atoms with Crippen LogP contribution in [0.15, 0.2) is 55.9 Å². The molecule has 8 nitrogen and oxygen atoms in total. The third kappa shape index (κ3) is 5.47. The highest BCUT2D eigenvalue weighted by molar-refractivity contribution is 9.10. The normalized spacial score (nSPS) is 13.1. The number of benzene rings is 2. The molecule has 196 valence electrons. The van der Waals surface area contributed by atoms with Crippen molar-refractivity contribution in [1.29, 1.82) is 0 Å². The Kier molecular flexibility index (Phi) is 8.08. The third-order valence-corrected chi connectivity index (χ3v) is 9.03. The molecule has 0 bridgehead atoms. The summed E-state index contributed by atoms with van der Waals surface area (Å²) < 4.78 is 7.13. The fraction of sp³-hybridized carbons (Fsp3) is 0.231. The molecule has 0 aliphatic heterocycles. The molecule has 2 aromatic heterocycles. The van der Waals surface area contributed by atoms with Crippen molar-refractivity contribution in [3.05, 3.63) is 72.3 Å². The molecule has 1 aliphatic carbocycles. The van der Waals surface area contributed by atoms with Crippen molar-refractivity contribution in [3.63, 3.8) is 0 Å². The second-order valence-electron chi connectivity index (χ2n) is 8.54. The molecule has 38 heavy (non-hydrogen) atoms. The number of aromatic nitrogens is 2. The zero-order chi connectivity index (χ0) is 26.8. The van der Waals surface area contributed by atoms with Crippen LogP contribution in [-0.2, 0) is 17.6 Å². The number of phenols is 1. The van der Waals surface area contributed by atoms with Gasteiger partial charge in [0.2, 0.25) is 0 Å². The zero-order valence-corrected chi connectivity index (χ0v) is 24.1. The Labute approximate surface area is 239 Å². The second-order valence-corrected chi connectivity index (χ2v) is 11.9. The molecule has 1 amide bonds. The molecule has 0 saturated heterocycles. The number of aromatic hydroxyl groups is 1. The van der Waals surface area contributed by atoms with Gasteiger partial charge in [0, 0.05) is 9.90 Å². The van der Waals surface area contributed by atoms with Gasteiger partial charge in [0.15, 0.2) is 16.7 Å². The second kappa shape index (κ2) is 11.5. The molecule has 2 N–H and O–H groups in total. The highest BCUT2D eigenvalue weighted by Crippen LogP contribution is 2.36. The summed E-state index contributed by atoms with van der Waals surface area (Å²) >= 11 is 12.1. The molecular formula is C26H22BrClN4O4S2. The largest absolute Gasteiger partial charge is 0.503 e. The molecule has 0 fully saturated rings. The number of amides is 1. The quantitative estimate of drug-likeness (QED) is 0.117. The number of fused-ring (bicyclic) bond motifs is 3. The molecule has 2 aromatic carbocycles. The number of aryl methyl sites for hydroxylation is 2. The van der Waals surface area contributed by atoms with Crippen molar-refractivity contribution in [3.8, 4) is 17.2 Å². The lowest BCUT2D eigenvalue weighted by Crippen LogP contribution is -2.24. The number of nitrogens with one attached hydrogen (secondary N) is 1. The lowest BCUT2D eigenvalue weighted by Gasteiger charge is -2.13. The lowest BCUT2D eigenvalue weighted by molar-refractivity contribution is -0.118. The SMILES string of the molecule is COc1cc(C=NNC(=O)CSc2nc3sc4c(c3c(=O)n2-c2ccc(Cl)cc2)CCCC4)cc(Br)c1O. The van der Waals surface area contributed by atoms with Gasteiger partial charge in [-0.3, -0.25) is 14.2 Å². The summed E-state index contributed by atoms with van der Waals surface area (Å²) in [6, 6.07) is 10.2. The van der Waals surface area contributed by atoms with E-state index in [0.29, 0.717) is 36.1 Å². The number of carbonyl (C=O) groups excluding carboxylic acids is 1. The van der Waals surface area contributed by atoms with Gasteiger partial charge in [-0.2, -0.15) is 5.10 Å². The Bertz CT molecular complexity index is 1620. The fourth-order valence-electron chi connectivity index (χ4n) is 4.27. The van der Waals surface area contributed by atoms with Crippen molar-refractivity contribution in [2.45, 2.75) is 30.8 Å². The number of hydrogen-bond acceptors (Lipinski definition) is 8. The summed E-state index contributed by atoms with van der Waals surface area (Å²) in [5, 5.41) is 15.6. The molecule has 0 spiro atoms. The van der Waals surface area contributed by atoms with E-state index in [4.69, 9.17) is 21.3 Å². The molecule has 2 heterocycles. The van der Waals surface area contributed by atoms with E-state index in [0.717, 1.165) is 43.0 Å². The van der Waals surface area contributed by atoms with Gasteiger partial charge in [-0.05, 0) is 89.1 Å². The number of methoxy groups -OCH3 is 1. The number of thioether (sulfide) groups is 1. The van der Waals surface area contributed by atoms with Gasteiger partial charge in [0.1, 0.15) is 4.83 Å². The topological polar surface area (TPSA) is 106 Å². The van der Waals surface area contributed by atoms with Crippen LogP contribution in [0.1, 0.15) is 28.8 Å². The van der Waals surface area contributed by atoms with Gasteiger partial charge in [0.05, 0.1) is 34.6 Å². The number of hydrogen-bond donors (Lipinski definition) is 2. The number of hydrazone groups is 1. The minimum absolute atomic E-state index is 0.00341. The van der Waals surface area contributed by atoms with Crippen LogP contribution in [-0.4, -0.2) is 39.6 Å². The number of rotatable bonds is 7. The van der Waals surface area contributed by atoms with E-state index in [1.54, 1.807) is 52.3 Å². The first-order valence-corrected chi connectivity index (χ1v) is 14.7. The smallest absolute Gasteiger partial charge is 0.267 e. The van der Waals surface area contributed by atoms with Crippen LogP contribution in [0.2, 0.25) is 5.02 Å². The molecule has 1 aliphatic rings. The summed E-state index contributed by atoms with van der Waals surface area (Å²) in [6.07, 6.45) is 5.46. The average Bonchev–Trinajstić information content (AvgIpc) is 3.29. The minimum atomic E-state index is -0.362. The Hall–Kier alpha value is -2.86. The van der Waals surface area contributed by atoms with Crippen LogP contribution in [0, 0.1) is 0 Å². The van der Waals surface area contributed by atoms with Crippen LogP contribution in [0.4, 0.5) is 0 Å². The first-order chi connectivity index (χ1) is 18.4. The third-order valence-electron chi connectivity index (χ3n) is 6.05. The molecular weight excluding hydrogens is 612 g/mol. The molecule has 4 aromatic rings. The van der Waals surface area contributed by atoms with E-state index in [1.165, 1.54) is 18.2 Å². The van der Waals surface area contributed by atoms with E-state index in [1.807, 2.05) is 0 Å². The van der Waals surface area contributed by atoms with E-state index >= 15 is 0 Å². The fourth-order valence-corrected chi connectivity index (χ4v) is 6.96. The van der Waals surface area contributed by atoms with Gasteiger partial charge in [0.25, 0.3) is 11.5 Å². The van der Waals surface area contributed by atoms with E-state index in [2.05, 4.69) is 26.5 Å². The van der Waals surface area contributed by atoms with Crippen molar-refractivity contribution < 1.29 is 14.6 Å². The van der Waals surface area contributed by atoms with E-state index < -0.39 is 0 Å². The first kappa shape index (κ1) is 26.7. The van der Waals surface area contributed by atoms with Crippen LogP contribution in [0.25, 0.3) is 15.9 Å². The summed E-state index contributed by atoms with van der Waals surface area (Å²) in [5.41, 5.74) is 4.72. The molecule has 0 radical (unpaired) electrons. The van der Waals surface area contributed by atoms with Crippen LogP contribution < -0.4 is 15.7 Å². The summed E-state index contributed by atoms with van der Waals surface area (Å²) in [5.74, 6) is -0.109. The monoisotopic (exact) mass is 632 g/mol. The van der Waals surface area contributed by atoms with Gasteiger partial charge in [-0.15, -0.1) is 11.3 Å². The van der Waals surface area contributed by atoms with Crippen molar-refractivity contribution in [2.75, 3.05) is 12.9 Å². The van der Waals surface area contributed by atoms with Crippen LogP contribution >= 0.6 is 50.6 Å². The van der Waals surface area contributed by atoms with Gasteiger partial charge in [-0.25, -0.2) is 10.4 Å². The summed E-state index contributed by atoms with van der Waals surface area (Å²) in [6.45, 7) is 0. The molecule has 12 heteroatoms. The van der Waals surface area contributed by atoms with E-state index in [-0.39, 0.29) is 28.7 Å². The molecule has 0 saturated carbocycles. The van der Waals surface area contributed by atoms with Gasteiger partial charge < -0.3 is 9.84 Å². The predicted octanol–water partition coefficient (Wildman–Crippen LogP) is 5.70. The molecule has 5 rings (SSSR count). The van der Waals surface area contributed by atoms with Crippen molar-refractivity contribution in [2.24, 2.45) is 5.10 Å². The Balaban J connectivity index is 1.40. The minimum Gasteiger partial charge on any atom is -0.503 e. The number of nitrogens with zero attached hydrogens (tertiary/aromatic N) is 3. The number of phenolic OH excluding ortho intramolecular Hbond substituents is 1. The van der Waals surface area contributed by atoms with Crippen LogP contribution in [0.3, 0.4) is 0 Å². The maximum absolute atomic E-state index is 13.8. The Morgan fingerprint density at radius 3 is 2.84 bits per heavy atom. The first-order valence-electron chi connectivity index (χ1n) is 11.7. The Morgan fingerprint density at radius 1 is 1.32 bits per heavy atom. The van der Waals surface area contributed by atoms with Gasteiger partial charge in [-0.1, -0.05) is 23.4 Å². The number of halogens is 2. The van der Waals surface area contributed by atoms with E-state index in [9.17, 15) is 14.7 Å². The zero-order valence-electron chi connectivity index (χ0n) is 20.2. The average molecular weight is 634 g/mol. The summed E-state index contributed by atoms with van der Waals surface area (Å²) in [7, 11) is 1.45. The van der Waals surface area contributed by atoms with Crippen molar-refractivity contribution >= 4 is 73.0 Å².